The Balaban J connectivity index is 2.62. The molecule has 1 fully saturated rings. The lowest BCUT2D eigenvalue weighted by Gasteiger charge is -2.32. The van der Waals surface area contributed by atoms with Crippen LogP contribution in [0.3, 0.4) is 0 Å². The predicted molar refractivity (Wildman–Crippen MR) is 62.5 cm³/mol. The minimum absolute atomic E-state index is 0.114. The highest BCUT2D eigenvalue weighted by molar-refractivity contribution is 7.87. The van der Waals surface area contributed by atoms with E-state index in [1.54, 1.807) is 0 Å². The third-order valence-corrected chi connectivity index (χ3v) is 4.51. The Morgan fingerprint density at radius 1 is 1.35 bits per heavy atom. The molecular formula is C9H19N3O4S. The number of hydrogen-bond donors (Lipinski definition) is 2. The molecule has 3 N–H and O–H groups in total. The molecule has 0 heterocycles. The van der Waals surface area contributed by atoms with Crippen LogP contribution in [0.25, 0.3) is 0 Å². The molecule has 1 aliphatic rings. The van der Waals surface area contributed by atoms with Gasteiger partial charge in [0.2, 0.25) is 0 Å². The first kappa shape index (κ1) is 14.2. The van der Waals surface area contributed by atoms with Crippen molar-refractivity contribution < 1.29 is 17.9 Å². The molecule has 0 aromatic heterocycles. The van der Waals surface area contributed by atoms with E-state index in [-0.39, 0.29) is 12.1 Å². The zero-order chi connectivity index (χ0) is 13.1. The van der Waals surface area contributed by atoms with Gasteiger partial charge in [-0.2, -0.15) is 12.7 Å². The molecule has 7 nitrogen and oxygen atoms in total. The van der Waals surface area contributed by atoms with Crippen molar-refractivity contribution >= 4 is 16.3 Å². The van der Waals surface area contributed by atoms with Gasteiger partial charge in [0.05, 0.1) is 7.11 Å². The van der Waals surface area contributed by atoms with Gasteiger partial charge in [0, 0.05) is 19.1 Å². The zero-order valence-corrected chi connectivity index (χ0v) is 10.9. The van der Waals surface area contributed by atoms with Crippen LogP contribution in [-0.4, -0.2) is 45.1 Å². The van der Waals surface area contributed by atoms with Crippen LogP contribution in [-0.2, 0) is 14.9 Å². The largest absolute Gasteiger partial charge is 0.452 e. The second-order valence-corrected chi connectivity index (χ2v) is 5.91. The monoisotopic (exact) mass is 265 g/mol. The van der Waals surface area contributed by atoms with Crippen LogP contribution in [0.1, 0.15) is 25.7 Å². The van der Waals surface area contributed by atoms with Crippen LogP contribution in [0.5, 0.6) is 0 Å². The number of carbonyl (C=O) groups is 1. The van der Waals surface area contributed by atoms with Gasteiger partial charge in [0.25, 0.3) is 0 Å². The number of nitrogens with zero attached hydrogens (tertiary/aromatic N) is 1. The Kier molecular flexibility index (Phi) is 4.72. The normalized spacial score (nSPS) is 25.6. The van der Waals surface area contributed by atoms with E-state index in [4.69, 9.17) is 5.73 Å². The average Bonchev–Trinajstić information content (AvgIpc) is 2.28. The first-order valence-corrected chi connectivity index (χ1v) is 6.90. The number of amides is 1. The molecule has 0 aromatic rings. The first-order chi connectivity index (χ1) is 7.86. The number of rotatable bonds is 3. The highest BCUT2D eigenvalue weighted by atomic mass is 32.2. The average molecular weight is 265 g/mol. The molecule has 1 rings (SSSR count). The number of methoxy groups -OCH3 is 1. The molecule has 1 aliphatic carbocycles. The maximum Gasteiger partial charge on any atom is 0.421 e. The number of ether oxygens (including phenoxy) is 1. The Hall–Kier alpha value is -0.860. The summed E-state index contributed by atoms with van der Waals surface area (Å²) >= 11 is 0. The smallest absolute Gasteiger partial charge is 0.421 e. The van der Waals surface area contributed by atoms with Gasteiger partial charge in [-0.05, 0) is 25.7 Å². The van der Waals surface area contributed by atoms with Crippen molar-refractivity contribution in [2.75, 3.05) is 14.2 Å². The van der Waals surface area contributed by atoms with Crippen LogP contribution >= 0.6 is 0 Å². The number of nitrogens with one attached hydrogen (secondary N) is 1. The summed E-state index contributed by atoms with van der Waals surface area (Å²) in [5.74, 6) is 0. The van der Waals surface area contributed by atoms with Crippen LogP contribution in [0, 0.1) is 0 Å². The molecule has 1 amide bonds. The van der Waals surface area contributed by atoms with Gasteiger partial charge < -0.3 is 10.5 Å². The standard InChI is InChI=1S/C9H19N3O4S/c1-12(8-5-3-7(10)4-6-8)17(14,15)11-9(13)16-2/h7-8H,3-6,10H2,1-2H3,(H,11,13). The SMILES string of the molecule is COC(=O)NS(=O)(=O)N(C)C1CCC(N)CC1. The van der Waals surface area contributed by atoms with Crippen LogP contribution in [0.2, 0.25) is 0 Å². The van der Waals surface area contributed by atoms with Gasteiger partial charge in [0.15, 0.2) is 0 Å². The molecule has 0 unspecified atom stereocenters. The van der Waals surface area contributed by atoms with E-state index >= 15 is 0 Å². The van der Waals surface area contributed by atoms with E-state index in [1.807, 2.05) is 4.72 Å². The molecule has 0 aliphatic heterocycles. The van der Waals surface area contributed by atoms with Crippen LogP contribution in [0.15, 0.2) is 0 Å². The minimum atomic E-state index is -3.82. The van der Waals surface area contributed by atoms with E-state index in [0.29, 0.717) is 12.8 Å². The third-order valence-electron chi connectivity index (χ3n) is 3.03. The van der Waals surface area contributed by atoms with Gasteiger partial charge in [-0.15, -0.1) is 0 Å². The zero-order valence-electron chi connectivity index (χ0n) is 10.0. The molecule has 0 spiro atoms. The summed E-state index contributed by atoms with van der Waals surface area (Å²) in [5, 5.41) is 0. The second kappa shape index (κ2) is 5.65. The fourth-order valence-corrected chi connectivity index (χ4v) is 2.92. The molecule has 0 radical (unpaired) electrons. The summed E-state index contributed by atoms with van der Waals surface area (Å²) in [5.41, 5.74) is 5.75. The Bertz CT molecular complexity index is 362. The molecule has 100 valence electrons. The molecule has 0 aromatic carbocycles. The number of nitrogens with two attached hydrogens (primary N) is 1. The fraction of sp³-hybridized carbons (Fsp3) is 0.889. The van der Waals surface area contributed by atoms with Gasteiger partial charge in [0.1, 0.15) is 0 Å². The van der Waals surface area contributed by atoms with Crippen molar-refractivity contribution in [2.45, 2.75) is 37.8 Å². The highest BCUT2D eigenvalue weighted by Gasteiger charge is 2.30. The summed E-state index contributed by atoms with van der Waals surface area (Å²) in [7, 11) is -1.25. The van der Waals surface area contributed by atoms with E-state index in [2.05, 4.69) is 4.74 Å². The topological polar surface area (TPSA) is 102 Å². The van der Waals surface area contributed by atoms with Crippen LogP contribution < -0.4 is 10.5 Å². The van der Waals surface area contributed by atoms with E-state index in [1.165, 1.54) is 11.4 Å². The van der Waals surface area contributed by atoms with Gasteiger partial charge in [-0.3, -0.25) is 0 Å². The minimum Gasteiger partial charge on any atom is -0.452 e. The summed E-state index contributed by atoms with van der Waals surface area (Å²) < 4.78 is 30.8. The quantitative estimate of drug-likeness (QED) is 0.735. The maximum absolute atomic E-state index is 11.8. The lowest BCUT2D eigenvalue weighted by atomic mass is 9.92. The van der Waals surface area contributed by atoms with E-state index in [9.17, 15) is 13.2 Å². The van der Waals surface area contributed by atoms with E-state index < -0.39 is 16.3 Å². The number of carbonyl (C=O) groups excluding carboxylic acids is 1. The molecule has 1 saturated carbocycles. The van der Waals surface area contributed by atoms with Crippen molar-refractivity contribution in [3.8, 4) is 0 Å². The lowest BCUT2D eigenvalue weighted by molar-refractivity contribution is 0.176. The van der Waals surface area contributed by atoms with Gasteiger partial charge >= 0.3 is 16.3 Å². The molecule has 0 atom stereocenters. The predicted octanol–water partition coefficient (Wildman–Crippen LogP) is -0.211. The Morgan fingerprint density at radius 3 is 2.35 bits per heavy atom. The van der Waals surface area contributed by atoms with Crippen molar-refractivity contribution in [1.29, 1.82) is 0 Å². The Morgan fingerprint density at radius 2 is 1.88 bits per heavy atom. The van der Waals surface area contributed by atoms with Crippen molar-refractivity contribution in [3.05, 3.63) is 0 Å². The van der Waals surface area contributed by atoms with Gasteiger partial charge in [-0.25, -0.2) is 9.52 Å². The summed E-state index contributed by atoms with van der Waals surface area (Å²) in [6, 6.07) is 0.0351. The summed E-state index contributed by atoms with van der Waals surface area (Å²) in [4.78, 5) is 10.9. The van der Waals surface area contributed by atoms with Crippen molar-refractivity contribution in [3.63, 3.8) is 0 Å². The van der Waals surface area contributed by atoms with Crippen LogP contribution in [0.4, 0.5) is 4.79 Å². The third kappa shape index (κ3) is 3.83. The summed E-state index contributed by atoms with van der Waals surface area (Å²) in [6.07, 6.45) is 2.02. The molecular weight excluding hydrogens is 246 g/mol. The molecule has 8 heteroatoms. The second-order valence-electron chi connectivity index (χ2n) is 4.18. The lowest BCUT2D eigenvalue weighted by Crippen LogP contribution is -2.48. The molecule has 0 saturated heterocycles. The van der Waals surface area contributed by atoms with Gasteiger partial charge in [-0.1, -0.05) is 0 Å². The molecule has 17 heavy (non-hydrogen) atoms. The number of hydrogen-bond acceptors (Lipinski definition) is 5. The fourth-order valence-electron chi connectivity index (χ4n) is 1.88. The maximum atomic E-state index is 11.8. The van der Waals surface area contributed by atoms with E-state index in [0.717, 1.165) is 20.0 Å². The summed E-state index contributed by atoms with van der Waals surface area (Å²) in [6.45, 7) is 0. The van der Waals surface area contributed by atoms with Crippen molar-refractivity contribution in [2.24, 2.45) is 5.73 Å². The molecule has 0 bridgehead atoms. The van der Waals surface area contributed by atoms with Crippen molar-refractivity contribution in [1.82, 2.24) is 9.03 Å². The first-order valence-electron chi connectivity index (χ1n) is 5.46. The Labute approximate surface area is 101 Å². The highest BCUT2D eigenvalue weighted by Crippen LogP contribution is 2.22.